The van der Waals surface area contributed by atoms with Crippen molar-refractivity contribution in [1.29, 1.82) is 0 Å². The normalized spacial score (nSPS) is 25.8. The van der Waals surface area contributed by atoms with Crippen molar-refractivity contribution >= 4 is 11.9 Å². The van der Waals surface area contributed by atoms with E-state index in [4.69, 9.17) is 5.73 Å². The number of nitrogen functional groups attached to an aromatic ring is 1. The summed E-state index contributed by atoms with van der Waals surface area (Å²) in [5.74, 6) is 0.0791. The van der Waals surface area contributed by atoms with E-state index >= 15 is 0 Å². The molecule has 2 rings (SSSR count). The second kappa shape index (κ2) is 4.09. The molecule has 2 atom stereocenters. The van der Waals surface area contributed by atoms with Crippen LogP contribution >= 0.6 is 0 Å². The molecule has 7 nitrogen and oxygen atoms in total. The number of aromatic amines is 1. The summed E-state index contributed by atoms with van der Waals surface area (Å²) < 4.78 is 0. The number of nitrogens with one attached hydrogen (secondary N) is 1. The molecule has 2 unspecified atom stereocenters. The van der Waals surface area contributed by atoms with Crippen LogP contribution in [0.1, 0.15) is 24.0 Å². The fraction of sp³-hybridized carbons (Fsp3) is 0.667. The number of carbonyl (C=O) groups excluding carboxylic acids is 1. The van der Waals surface area contributed by atoms with Crippen LogP contribution in [0, 0.1) is 5.92 Å². The fourth-order valence-electron chi connectivity index (χ4n) is 1.84. The average Bonchev–Trinajstić information content (AvgIpc) is 2.68. The summed E-state index contributed by atoms with van der Waals surface area (Å²) in [6.45, 7) is 2.98. The third-order valence-corrected chi connectivity index (χ3v) is 2.85. The molecule has 1 aliphatic rings. The zero-order valence-electron chi connectivity index (χ0n) is 9.05. The van der Waals surface area contributed by atoms with Crippen LogP contribution in [0.3, 0.4) is 0 Å². The Morgan fingerprint density at radius 1 is 1.69 bits per heavy atom. The van der Waals surface area contributed by atoms with E-state index < -0.39 is 0 Å². The summed E-state index contributed by atoms with van der Waals surface area (Å²) in [6.07, 6.45) is 0.264. The molecule has 0 radical (unpaired) electrons. The molecule has 1 aromatic rings. The highest BCUT2D eigenvalue weighted by atomic mass is 16.3. The predicted molar refractivity (Wildman–Crippen MR) is 56.5 cm³/mol. The standard InChI is InChI=1S/C9H15N5O2/c1-5-4-14(3-2-6(5)15)8(16)7-11-9(10)13-12-7/h5-6,15H,2-4H2,1H3,(H3,10,11,12,13). The van der Waals surface area contributed by atoms with Gasteiger partial charge in [0.1, 0.15) is 0 Å². The van der Waals surface area contributed by atoms with Crippen molar-refractivity contribution in [3.05, 3.63) is 5.82 Å². The molecule has 0 aromatic carbocycles. The molecule has 0 saturated carbocycles. The molecule has 1 fully saturated rings. The molecule has 2 heterocycles. The molecule has 0 spiro atoms. The lowest BCUT2D eigenvalue weighted by molar-refractivity contribution is 0.0290. The first-order valence-corrected chi connectivity index (χ1v) is 5.23. The largest absolute Gasteiger partial charge is 0.393 e. The van der Waals surface area contributed by atoms with Crippen LogP contribution in [0.4, 0.5) is 5.95 Å². The van der Waals surface area contributed by atoms with Crippen molar-refractivity contribution < 1.29 is 9.90 Å². The first-order valence-electron chi connectivity index (χ1n) is 5.23. The Balaban J connectivity index is 2.06. The molecule has 16 heavy (non-hydrogen) atoms. The molecule has 1 saturated heterocycles. The maximum absolute atomic E-state index is 11.9. The van der Waals surface area contributed by atoms with Crippen molar-refractivity contribution in [3.63, 3.8) is 0 Å². The third kappa shape index (κ3) is 1.99. The van der Waals surface area contributed by atoms with Gasteiger partial charge < -0.3 is 15.7 Å². The van der Waals surface area contributed by atoms with Crippen molar-refractivity contribution in [2.24, 2.45) is 5.92 Å². The topological polar surface area (TPSA) is 108 Å². The van der Waals surface area contributed by atoms with Gasteiger partial charge in [0.15, 0.2) is 0 Å². The predicted octanol–water partition coefficient (Wildman–Crippen LogP) is -0.770. The number of rotatable bonds is 1. The summed E-state index contributed by atoms with van der Waals surface area (Å²) in [4.78, 5) is 17.4. The second-order valence-corrected chi connectivity index (χ2v) is 4.13. The highest BCUT2D eigenvalue weighted by molar-refractivity contribution is 5.90. The Bertz CT molecular complexity index is 391. The van der Waals surface area contributed by atoms with Gasteiger partial charge in [-0.25, -0.2) is 0 Å². The highest BCUT2D eigenvalue weighted by Crippen LogP contribution is 2.17. The van der Waals surface area contributed by atoms with Gasteiger partial charge in [0.05, 0.1) is 6.10 Å². The van der Waals surface area contributed by atoms with Crippen LogP contribution in [0.15, 0.2) is 0 Å². The number of hydrogen-bond acceptors (Lipinski definition) is 5. The number of nitrogens with zero attached hydrogens (tertiary/aromatic N) is 3. The van der Waals surface area contributed by atoms with Crippen LogP contribution in [0.25, 0.3) is 0 Å². The maximum Gasteiger partial charge on any atom is 0.291 e. The number of amides is 1. The Morgan fingerprint density at radius 2 is 2.44 bits per heavy atom. The molecule has 4 N–H and O–H groups in total. The van der Waals surface area contributed by atoms with Crippen molar-refractivity contribution in [3.8, 4) is 0 Å². The Labute approximate surface area is 92.7 Å². The lowest BCUT2D eigenvalue weighted by Crippen LogP contribution is -2.45. The number of aromatic nitrogens is 3. The smallest absolute Gasteiger partial charge is 0.291 e. The van der Waals surface area contributed by atoms with Crippen LogP contribution < -0.4 is 5.73 Å². The number of nitrogens with two attached hydrogens (primary N) is 1. The van der Waals surface area contributed by atoms with E-state index in [0.717, 1.165) is 0 Å². The summed E-state index contributed by atoms with van der Waals surface area (Å²) in [5.41, 5.74) is 5.33. The average molecular weight is 225 g/mol. The fourth-order valence-corrected chi connectivity index (χ4v) is 1.84. The van der Waals surface area contributed by atoms with Gasteiger partial charge in [-0.05, 0) is 12.3 Å². The molecular weight excluding hydrogens is 210 g/mol. The van der Waals surface area contributed by atoms with Gasteiger partial charge in [-0.3, -0.25) is 9.89 Å². The van der Waals surface area contributed by atoms with Crippen LogP contribution in [0.2, 0.25) is 0 Å². The molecule has 7 heteroatoms. The monoisotopic (exact) mass is 225 g/mol. The van der Waals surface area contributed by atoms with E-state index in [9.17, 15) is 9.90 Å². The zero-order valence-corrected chi connectivity index (χ0v) is 9.05. The Hall–Kier alpha value is -1.63. The molecule has 0 aliphatic carbocycles. The lowest BCUT2D eigenvalue weighted by Gasteiger charge is -2.33. The second-order valence-electron chi connectivity index (χ2n) is 4.13. The Morgan fingerprint density at radius 3 is 3.00 bits per heavy atom. The van der Waals surface area contributed by atoms with E-state index in [1.54, 1.807) is 4.90 Å². The van der Waals surface area contributed by atoms with E-state index in [2.05, 4.69) is 15.2 Å². The number of piperidine rings is 1. The number of hydrogen-bond donors (Lipinski definition) is 3. The van der Waals surface area contributed by atoms with Gasteiger partial charge in [-0.1, -0.05) is 6.92 Å². The van der Waals surface area contributed by atoms with E-state index in [-0.39, 0.29) is 29.7 Å². The van der Waals surface area contributed by atoms with Crippen LogP contribution in [0.5, 0.6) is 0 Å². The van der Waals surface area contributed by atoms with E-state index in [0.29, 0.717) is 19.5 Å². The Kier molecular flexibility index (Phi) is 2.78. The number of anilines is 1. The molecule has 1 aromatic heterocycles. The lowest BCUT2D eigenvalue weighted by atomic mass is 9.97. The summed E-state index contributed by atoms with van der Waals surface area (Å²) in [5, 5.41) is 15.7. The first-order chi connectivity index (χ1) is 7.58. The minimum Gasteiger partial charge on any atom is -0.393 e. The number of H-pyrrole nitrogens is 1. The van der Waals surface area contributed by atoms with E-state index in [1.165, 1.54) is 0 Å². The van der Waals surface area contributed by atoms with Crippen molar-refractivity contribution in [2.75, 3.05) is 18.8 Å². The molecule has 88 valence electrons. The van der Waals surface area contributed by atoms with E-state index in [1.807, 2.05) is 6.92 Å². The highest BCUT2D eigenvalue weighted by Gasteiger charge is 2.29. The summed E-state index contributed by atoms with van der Waals surface area (Å²) in [6, 6.07) is 0. The number of likely N-dealkylation sites (tertiary alicyclic amines) is 1. The SMILES string of the molecule is CC1CN(C(=O)c2nc(N)n[nH]2)CCC1O. The number of aliphatic hydroxyl groups excluding tert-OH is 1. The number of aliphatic hydroxyl groups is 1. The van der Waals surface area contributed by atoms with Gasteiger partial charge in [0, 0.05) is 13.1 Å². The van der Waals surface area contributed by atoms with Crippen molar-refractivity contribution in [1.82, 2.24) is 20.1 Å². The quantitative estimate of drug-likeness (QED) is 0.581. The van der Waals surface area contributed by atoms with Crippen molar-refractivity contribution in [2.45, 2.75) is 19.4 Å². The van der Waals surface area contributed by atoms with Gasteiger partial charge in [0.2, 0.25) is 11.8 Å². The van der Waals surface area contributed by atoms with Crippen LogP contribution in [-0.4, -0.2) is 50.3 Å². The first kappa shape index (κ1) is 10.9. The number of carbonyl (C=O) groups is 1. The molecule has 1 amide bonds. The maximum atomic E-state index is 11.9. The summed E-state index contributed by atoms with van der Waals surface area (Å²) in [7, 11) is 0. The summed E-state index contributed by atoms with van der Waals surface area (Å²) >= 11 is 0. The van der Waals surface area contributed by atoms with Gasteiger partial charge in [0.25, 0.3) is 5.91 Å². The minimum atomic E-state index is -0.330. The molecular formula is C9H15N5O2. The van der Waals surface area contributed by atoms with Gasteiger partial charge >= 0.3 is 0 Å². The zero-order chi connectivity index (χ0) is 11.7. The minimum absolute atomic E-state index is 0.0634. The van der Waals surface area contributed by atoms with Gasteiger partial charge in [-0.15, -0.1) is 5.10 Å². The molecule has 1 aliphatic heterocycles. The molecule has 0 bridgehead atoms. The van der Waals surface area contributed by atoms with Crippen LogP contribution in [-0.2, 0) is 0 Å². The third-order valence-electron chi connectivity index (χ3n) is 2.85. The van der Waals surface area contributed by atoms with Gasteiger partial charge in [-0.2, -0.15) is 4.98 Å².